The standard InChI is InChI=1S/C20H20N6S/c1-25(2)17-10-4-7-15(12-17)19-23-24-20(26(19)21)27-13-16-8-3-6-14-9-5-11-22-18(14)16/h3-12H,13,21H2,1-2H3. The van der Waals surface area contributed by atoms with Gasteiger partial charge in [0.2, 0.25) is 5.16 Å². The maximum atomic E-state index is 6.28. The van der Waals surface area contributed by atoms with E-state index in [0.717, 1.165) is 33.5 Å². The molecule has 27 heavy (non-hydrogen) atoms. The van der Waals surface area contributed by atoms with Crippen LogP contribution in [0.15, 0.2) is 66.0 Å². The third kappa shape index (κ3) is 3.46. The molecular formula is C20H20N6S. The van der Waals surface area contributed by atoms with Crippen LogP contribution in [0.3, 0.4) is 0 Å². The van der Waals surface area contributed by atoms with Crippen LogP contribution in [0, 0.1) is 0 Å². The molecule has 0 amide bonds. The first kappa shape index (κ1) is 17.4. The van der Waals surface area contributed by atoms with Gasteiger partial charge in [0.15, 0.2) is 5.82 Å². The van der Waals surface area contributed by atoms with Gasteiger partial charge < -0.3 is 10.7 Å². The summed E-state index contributed by atoms with van der Waals surface area (Å²) in [4.78, 5) is 6.55. The lowest BCUT2D eigenvalue weighted by molar-refractivity contribution is 0.849. The summed E-state index contributed by atoms with van der Waals surface area (Å²) in [6.07, 6.45) is 1.82. The minimum atomic E-state index is 0.650. The first-order chi connectivity index (χ1) is 13.1. The normalized spacial score (nSPS) is 11.0. The minimum Gasteiger partial charge on any atom is -0.378 e. The first-order valence-electron chi connectivity index (χ1n) is 8.57. The lowest BCUT2D eigenvalue weighted by Crippen LogP contribution is -2.12. The number of pyridine rings is 1. The third-order valence-electron chi connectivity index (χ3n) is 4.36. The second-order valence-electron chi connectivity index (χ2n) is 6.40. The van der Waals surface area contributed by atoms with Crippen molar-refractivity contribution in [3.05, 3.63) is 66.4 Å². The molecule has 6 nitrogen and oxygen atoms in total. The molecule has 0 bridgehead atoms. The number of thioether (sulfide) groups is 1. The highest BCUT2D eigenvalue weighted by atomic mass is 32.2. The van der Waals surface area contributed by atoms with Crippen molar-refractivity contribution in [1.29, 1.82) is 0 Å². The summed E-state index contributed by atoms with van der Waals surface area (Å²) in [6, 6.07) is 18.3. The Hall–Kier alpha value is -3.06. The predicted molar refractivity (Wildman–Crippen MR) is 111 cm³/mol. The molecule has 0 aliphatic heterocycles. The summed E-state index contributed by atoms with van der Waals surface area (Å²) in [7, 11) is 4.01. The highest BCUT2D eigenvalue weighted by Gasteiger charge is 2.14. The van der Waals surface area contributed by atoms with Gasteiger partial charge in [0, 0.05) is 42.7 Å². The van der Waals surface area contributed by atoms with Gasteiger partial charge in [-0.25, -0.2) is 4.68 Å². The smallest absolute Gasteiger partial charge is 0.210 e. The number of nitrogens with two attached hydrogens (primary N) is 1. The number of para-hydroxylation sites is 1. The number of nitrogens with zero attached hydrogens (tertiary/aromatic N) is 5. The fourth-order valence-corrected chi connectivity index (χ4v) is 3.76. The van der Waals surface area contributed by atoms with E-state index in [1.54, 1.807) is 16.4 Å². The van der Waals surface area contributed by atoms with Gasteiger partial charge in [-0.2, -0.15) is 0 Å². The van der Waals surface area contributed by atoms with Crippen molar-refractivity contribution in [3.63, 3.8) is 0 Å². The number of aromatic nitrogens is 4. The number of hydrogen-bond acceptors (Lipinski definition) is 6. The summed E-state index contributed by atoms with van der Waals surface area (Å²) in [6.45, 7) is 0. The second-order valence-corrected chi connectivity index (χ2v) is 7.34. The Bertz CT molecular complexity index is 1080. The molecule has 2 N–H and O–H groups in total. The van der Waals surface area contributed by atoms with Gasteiger partial charge in [0.1, 0.15) is 0 Å². The van der Waals surface area contributed by atoms with Crippen molar-refractivity contribution in [2.75, 3.05) is 24.8 Å². The summed E-state index contributed by atoms with van der Waals surface area (Å²) in [5, 5.41) is 10.4. The Labute approximate surface area is 162 Å². The molecule has 0 saturated carbocycles. The van der Waals surface area contributed by atoms with E-state index in [-0.39, 0.29) is 0 Å². The average Bonchev–Trinajstić information content (AvgIpc) is 3.07. The number of nitrogen functional groups attached to an aromatic ring is 1. The molecule has 0 fully saturated rings. The predicted octanol–water partition coefficient (Wildman–Crippen LogP) is 3.57. The van der Waals surface area contributed by atoms with Crippen molar-refractivity contribution >= 4 is 28.4 Å². The maximum absolute atomic E-state index is 6.28. The Morgan fingerprint density at radius 1 is 1.04 bits per heavy atom. The van der Waals surface area contributed by atoms with Gasteiger partial charge in [-0.1, -0.05) is 48.2 Å². The molecule has 136 valence electrons. The van der Waals surface area contributed by atoms with E-state index in [0.29, 0.717) is 11.0 Å². The molecule has 0 aliphatic rings. The second kappa shape index (κ2) is 7.28. The van der Waals surface area contributed by atoms with E-state index in [4.69, 9.17) is 5.84 Å². The van der Waals surface area contributed by atoms with Gasteiger partial charge >= 0.3 is 0 Å². The molecule has 0 saturated heterocycles. The minimum absolute atomic E-state index is 0.650. The van der Waals surface area contributed by atoms with Crippen molar-refractivity contribution < 1.29 is 0 Å². The Kier molecular flexibility index (Phi) is 4.68. The molecule has 2 heterocycles. The Balaban J connectivity index is 1.59. The van der Waals surface area contributed by atoms with Crippen molar-refractivity contribution in [1.82, 2.24) is 19.9 Å². The van der Waals surface area contributed by atoms with Gasteiger partial charge in [-0.3, -0.25) is 4.98 Å². The molecule has 2 aromatic heterocycles. The lowest BCUT2D eigenvalue weighted by Gasteiger charge is -2.13. The van der Waals surface area contributed by atoms with Crippen LogP contribution in [0.1, 0.15) is 5.56 Å². The van der Waals surface area contributed by atoms with E-state index in [1.165, 1.54) is 0 Å². The fraction of sp³-hybridized carbons (Fsp3) is 0.150. The molecular weight excluding hydrogens is 356 g/mol. The zero-order valence-corrected chi connectivity index (χ0v) is 16.0. The number of anilines is 1. The van der Waals surface area contributed by atoms with Gasteiger partial charge in [0.25, 0.3) is 0 Å². The van der Waals surface area contributed by atoms with Gasteiger partial charge in [-0.05, 0) is 23.8 Å². The van der Waals surface area contributed by atoms with Crippen molar-refractivity contribution in [2.45, 2.75) is 10.9 Å². The summed E-state index contributed by atoms with van der Waals surface area (Å²) in [5.74, 6) is 7.65. The first-order valence-corrected chi connectivity index (χ1v) is 9.56. The molecule has 0 unspecified atom stereocenters. The van der Waals surface area contributed by atoms with E-state index < -0.39 is 0 Å². The van der Waals surface area contributed by atoms with E-state index >= 15 is 0 Å². The van der Waals surface area contributed by atoms with Crippen LogP contribution in [0.5, 0.6) is 0 Å². The van der Waals surface area contributed by atoms with E-state index in [9.17, 15) is 0 Å². The zero-order chi connectivity index (χ0) is 18.8. The molecule has 4 rings (SSSR count). The monoisotopic (exact) mass is 376 g/mol. The lowest BCUT2D eigenvalue weighted by atomic mass is 10.1. The largest absolute Gasteiger partial charge is 0.378 e. The fourth-order valence-electron chi connectivity index (χ4n) is 2.92. The topological polar surface area (TPSA) is 72.9 Å². The average molecular weight is 376 g/mol. The number of benzene rings is 2. The molecule has 0 atom stereocenters. The van der Waals surface area contributed by atoms with Crippen LogP contribution < -0.4 is 10.7 Å². The third-order valence-corrected chi connectivity index (χ3v) is 5.35. The van der Waals surface area contributed by atoms with Crippen molar-refractivity contribution in [2.24, 2.45) is 0 Å². The number of hydrogen-bond donors (Lipinski definition) is 1. The van der Waals surface area contributed by atoms with Gasteiger partial charge in [-0.15, -0.1) is 10.2 Å². The number of fused-ring (bicyclic) bond motifs is 1. The van der Waals surface area contributed by atoms with Crippen molar-refractivity contribution in [3.8, 4) is 11.4 Å². The van der Waals surface area contributed by atoms with Crippen LogP contribution >= 0.6 is 11.8 Å². The summed E-state index contributed by atoms with van der Waals surface area (Å²) >= 11 is 1.55. The van der Waals surface area contributed by atoms with E-state index in [2.05, 4.69) is 39.4 Å². The SMILES string of the molecule is CN(C)c1cccc(-c2nnc(SCc3cccc4cccnc34)n2N)c1. The van der Waals surface area contributed by atoms with Crippen LogP contribution in [0.4, 0.5) is 5.69 Å². The Morgan fingerprint density at radius 2 is 1.85 bits per heavy atom. The summed E-state index contributed by atoms with van der Waals surface area (Å²) in [5.41, 5.74) is 4.19. The Morgan fingerprint density at radius 3 is 2.70 bits per heavy atom. The van der Waals surface area contributed by atoms with Gasteiger partial charge in [0.05, 0.1) is 5.52 Å². The highest BCUT2D eigenvalue weighted by molar-refractivity contribution is 7.98. The number of rotatable bonds is 5. The maximum Gasteiger partial charge on any atom is 0.210 e. The zero-order valence-electron chi connectivity index (χ0n) is 15.2. The quantitative estimate of drug-likeness (QED) is 0.424. The molecule has 0 radical (unpaired) electrons. The highest BCUT2D eigenvalue weighted by Crippen LogP contribution is 2.28. The summed E-state index contributed by atoms with van der Waals surface area (Å²) < 4.78 is 1.55. The van der Waals surface area contributed by atoms with Crippen LogP contribution in [0.25, 0.3) is 22.3 Å². The molecule has 4 aromatic rings. The van der Waals surface area contributed by atoms with Crippen LogP contribution in [-0.2, 0) is 5.75 Å². The molecule has 2 aromatic carbocycles. The van der Waals surface area contributed by atoms with E-state index in [1.807, 2.05) is 55.5 Å². The van der Waals surface area contributed by atoms with Crippen LogP contribution in [0.2, 0.25) is 0 Å². The molecule has 0 aliphatic carbocycles. The molecule has 7 heteroatoms. The molecule has 0 spiro atoms. The van der Waals surface area contributed by atoms with Crippen LogP contribution in [-0.4, -0.2) is 34.0 Å².